The number of amides is 2. The van der Waals surface area contributed by atoms with Crippen LogP contribution in [0.3, 0.4) is 0 Å². The largest absolute Gasteiger partial charge is 0.492 e. The molecule has 0 radical (unpaired) electrons. The van der Waals surface area contributed by atoms with Gasteiger partial charge in [-0.15, -0.1) is 0 Å². The fourth-order valence-corrected chi connectivity index (χ4v) is 4.70. The van der Waals surface area contributed by atoms with Gasteiger partial charge in [-0.3, -0.25) is 24.4 Å². The summed E-state index contributed by atoms with van der Waals surface area (Å²) in [5.41, 5.74) is 1.76. The smallest absolute Gasteiger partial charge is 0.313 e. The molecule has 0 atom stereocenters. The van der Waals surface area contributed by atoms with E-state index in [0.717, 1.165) is 58.8 Å². The first kappa shape index (κ1) is 25.9. The monoisotopic (exact) mass is 494 g/mol. The number of likely N-dealkylation sites (tertiary alicyclic amines) is 1. The van der Waals surface area contributed by atoms with Gasteiger partial charge in [0.2, 0.25) is 0 Å². The van der Waals surface area contributed by atoms with Crippen LogP contribution in [-0.2, 0) is 9.59 Å². The molecule has 2 fully saturated rings. The number of anilines is 2. The summed E-state index contributed by atoms with van der Waals surface area (Å²) < 4.78 is 5.86. The highest BCUT2D eigenvalue weighted by Crippen LogP contribution is 2.18. The lowest BCUT2D eigenvalue weighted by Gasteiger charge is -2.36. The van der Waals surface area contributed by atoms with Crippen LogP contribution in [0, 0.1) is 0 Å². The molecular weight excluding hydrogens is 456 g/mol. The van der Waals surface area contributed by atoms with Gasteiger partial charge in [0.1, 0.15) is 12.4 Å². The van der Waals surface area contributed by atoms with Gasteiger partial charge in [-0.2, -0.15) is 0 Å². The van der Waals surface area contributed by atoms with E-state index in [1.165, 1.54) is 24.9 Å². The second-order valence-corrected chi connectivity index (χ2v) is 9.38. The Morgan fingerprint density at radius 3 is 2.39 bits per heavy atom. The predicted octanol–water partition coefficient (Wildman–Crippen LogP) is 2.21. The van der Waals surface area contributed by atoms with Gasteiger partial charge in [0.25, 0.3) is 0 Å². The third-order valence-electron chi connectivity index (χ3n) is 6.76. The lowest BCUT2D eigenvalue weighted by molar-refractivity contribution is -0.136. The maximum Gasteiger partial charge on any atom is 0.313 e. The van der Waals surface area contributed by atoms with Crippen molar-refractivity contribution in [2.45, 2.75) is 25.7 Å². The molecule has 9 nitrogen and oxygen atoms in total. The number of piperazine rings is 1. The molecule has 0 saturated carbocycles. The lowest BCUT2D eigenvalue weighted by atomic mass is 10.1. The van der Waals surface area contributed by atoms with Crippen LogP contribution in [0.2, 0.25) is 0 Å². The van der Waals surface area contributed by atoms with Crippen LogP contribution < -0.4 is 20.3 Å². The maximum absolute atomic E-state index is 12.3. The number of hydrogen-bond acceptors (Lipinski definition) is 7. The number of aromatic nitrogens is 1. The van der Waals surface area contributed by atoms with E-state index in [0.29, 0.717) is 24.6 Å². The number of pyridine rings is 1. The lowest BCUT2D eigenvalue weighted by Crippen LogP contribution is -2.47. The number of hydrogen-bond donors (Lipinski definition) is 2. The molecule has 0 unspecified atom stereocenters. The standard InChI is InChI=1S/C27H38N6O3/c34-26(29-10-5-15-32-16-18-33(19-17-32)24-8-11-28-12-9-24)27(35)30-23-6-4-7-25(22-23)36-21-20-31-13-2-1-3-14-31/h4,6-9,11-12,22H,1-3,5,10,13-21H2,(H,29,34)(H,30,35). The van der Waals surface area contributed by atoms with Gasteiger partial charge in [-0.25, -0.2) is 0 Å². The molecule has 0 spiro atoms. The van der Waals surface area contributed by atoms with Crippen LogP contribution in [0.1, 0.15) is 25.7 Å². The average molecular weight is 495 g/mol. The fourth-order valence-electron chi connectivity index (χ4n) is 4.70. The quantitative estimate of drug-likeness (QED) is 0.387. The Labute approximate surface area is 213 Å². The Balaban J connectivity index is 1.09. The van der Waals surface area contributed by atoms with Crippen molar-refractivity contribution in [2.75, 3.05) is 75.7 Å². The third-order valence-corrected chi connectivity index (χ3v) is 6.76. The molecule has 1 aromatic carbocycles. The molecule has 0 aliphatic carbocycles. The second kappa shape index (κ2) is 13.8. The fraction of sp³-hybridized carbons (Fsp3) is 0.519. The molecule has 36 heavy (non-hydrogen) atoms. The summed E-state index contributed by atoms with van der Waals surface area (Å²) in [6.45, 7) is 9.05. The van der Waals surface area contributed by atoms with E-state index in [4.69, 9.17) is 4.74 Å². The Hall–Kier alpha value is -3.17. The van der Waals surface area contributed by atoms with Crippen LogP contribution >= 0.6 is 0 Å². The first-order chi connectivity index (χ1) is 17.7. The minimum Gasteiger partial charge on any atom is -0.492 e. The minimum absolute atomic E-state index is 0.469. The van der Waals surface area contributed by atoms with E-state index < -0.39 is 11.8 Å². The molecule has 1 aromatic heterocycles. The van der Waals surface area contributed by atoms with Crippen LogP contribution in [0.15, 0.2) is 48.8 Å². The number of benzene rings is 1. The summed E-state index contributed by atoms with van der Waals surface area (Å²) in [5, 5.41) is 5.40. The van der Waals surface area contributed by atoms with E-state index in [9.17, 15) is 9.59 Å². The summed E-state index contributed by atoms with van der Waals surface area (Å²) in [4.78, 5) is 35.8. The van der Waals surface area contributed by atoms with E-state index in [2.05, 4.69) is 30.3 Å². The van der Waals surface area contributed by atoms with Crippen LogP contribution in [0.25, 0.3) is 0 Å². The SMILES string of the molecule is O=C(NCCCN1CCN(c2ccncc2)CC1)C(=O)Nc1cccc(OCCN2CCCCC2)c1. The number of nitrogens with one attached hydrogen (secondary N) is 2. The van der Waals surface area contributed by atoms with Crippen molar-refractivity contribution in [3.63, 3.8) is 0 Å². The number of ether oxygens (including phenoxy) is 1. The second-order valence-electron chi connectivity index (χ2n) is 9.38. The zero-order valence-electron chi connectivity index (χ0n) is 21.0. The molecule has 194 valence electrons. The molecular formula is C27H38N6O3. The number of piperidine rings is 1. The maximum atomic E-state index is 12.3. The van der Waals surface area contributed by atoms with Crippen LogP contribution in [0.5, 0.6) is 5.75 Å². The van der Waals surface area contributed by atoms with Gasteiger partial charge in [-0.05, 0) is 63.2 Å². The molecule has 9 heteroatoms. The van der Waals surface area contributed by atoms with Gasteiger partial charge in [-0.1, -0.05) is 12.5 Å². The van der Waals surface area contributed by atoms with Crippen molar-refractivity contribution >= 4 is 23.2 Å². The van der Waals surface area contributed by atoms with Gasteiger partial charge in [0.05, 0.1) is 0 Å². The van der Waals surface area contributed by atoms with Gasteiger partial charge in [0.15, 0.2) is 0 Å². The first-order valence-electron chi connectivity index (χ1n) is 13.1. The van der Waals surface area contributed by atoms with Gasteiger partial charge < -0.3 is 20.3 Å². The number of rotatable bonds is 10. The molecule has 2 saturated heterocycles. The molecule has 2 aliphatic heterocycles. The Morgan fingerprint density at radius 1 is 0.861 bits per heavy atom. The van der Waals surface area contributed by atoms with Gasteiger partial charge >= 0.3 is 11.8 Å². The highest BCUT2D eigenvalue weighted by molar-refractivity contribution is 6.39. The van der Waals surface area contributed by atoms with E-state index in [-0.39, 0.29) is 0 Å². The van der Waals surface area contributed by atoms with E-state index in [1.54, 1.807) is 12.1 Å². The van der Waals surface area contributed by atoms with Crippen LogP contribution in [0.4, 0.5) is 11.4 Å². The van der Waals surface area contributed by atoms with Crippen molar-refractivity contribution < 1.29 is 14.3 Å². The normalized spacial score (nSPS) is 16.9. The Morgan fingerprint density at radius 2 is 1.61 bits per heavy atom. The topological polar surface area (TPSA) is 90.0 Å². The van der Waals surface area contributed by atoms with Crippen molar-refractivity contribution in [1.29, 1.82) is 0 Å². The molecule has 2 aliphatic rings. The summed E-state index contributed by atoms with van der Waals surface area (Å²) in [6, 6.07) is 11.3. The summed E-state index contributed by atoms with van der Waals surface area (Å²) in [5.74, 6) is -0.588. The molecule has 4 rings (SSSR count). The summed E-state index contributed by atoms with van der Waals surface area (Å²) in [6.07, 6.45) is 8.28. The zero-order chi connectivity index (χ0) is 25.0. The number of carbonyl (C=O) groups is 2. The highest BCUT2D eigenvalue weighted by atomic mass is 16.5. The third kappa shape index (κ3) is 8.20. The molecule has 0 bridgehead atoms. The van der Waals surface area contributed by atoms with Crippen molar-refractivity contribution in [2.24, 2.45) is 0 Å². The number of nitrogens with zero attached hydrogens (tertiary/aromatic N) is 4. The van der Waals surface area contributed by atoms with Crippen LogP contribution in [-0.4, -0.2) is 92.1 Å². The predicted molar refractivity (Wildman–Crippen MR) is 141 cm³/mol. The Kier molecular flexibility index (Phi) is 9.93. The summed E-state index contributed by atoms with van der Waals surface area (Å²) in [7, 11) is 0. The van der Waals surface area contributed by atoms with E-state index in [1.807, 2.05) is 36.7 Å². The van der Waals surface area contributed by atoms with E-state index >= 15 is 0 Å². The number of carbonyl (C=O) groups excluding carboxylic acids is 2. The summed E-state index contributed by atoms with van der Waals surface area (Å²) >= 11 is 0. The Bertz CT molecular complexity index is 959. The molecule has 2 aromatic rings. The van der Waals surface area contributed by atoms with Gasteiger partial charge in [0, 0.05) is 69.1 Å². The minimum atomic E-state index is -0.661. The van der Waals surface area contributed by atoms with Crippen molar-refractivity contribution in [3.8, 4) is 5.75 Å². The zero-order valence-corrected chi connectivity index (χ0v) is 21.0. The average Bonchev–Trinajstić information content (AvgIpc) is 2.92. The molecule has 2 N–H and O–H groups in total. The first-order valence-corrected chi connectivity index (χ1v) is 13.1. The highest BCUT2D eigenvalue weighted by Gasteiger charge is 2.18. The molecule has 3 heterocycles. The molecule has 2 amide bonds. The van der Waals surface area contributed by atoms with Crippen molar-refractivity contribution in [3.05, 3.63) is 48.8 Å². The van der Waals surface area contributed by atoms with Crippen molar-refractivity contribution in [1.82, 2.24) is 20.1 Å².